The molecule has 1 aliphatic rings. The Balaban J connectivity index is 1.73. The van der Waals surface area contributed by atoms with Gasteiger partial charge in [-0.05, 0) is 12.8 Å². The minimum Gasteiger partial charge on any atom is -0.481 e. The lowest BCUT2D eigenvalue weighted by atomic mass is 9.79. The molecule has 2 unspecified atom stereocenters. The van der Waals surface area contributed by atoms with Crippen LogP contribution in [-0.4, -0.2) is 38.4 Å². The van der Waals surface area contributed by atoms with Gasteiger partial charge < -0.3 is 15.0 Å². The lowest BCUT2D eigenvalue weighted by molar-refractivity contribution is -0.146. The van der Waals surface area contributed by atoms with E-state index in [1.165, 1.54) is 0 Å². The van der Waals surface area contributed by atoms with E-state index in [1.807, 2.05) is 11.6 Å². The molecule has 0 spiro atoms. The summed E-state index contributed by atoms with van der Waals surface area (Å²) in [5, 5.41) is 19.9. The van der Waals surface area contributed by atoms with Gasteiger partial charge in [-0.1, -0.05) is 0 Å². The van der Waals surface area contributed by atoms with Crippen LogP contribution in [0.4, 0.5) is 0 Å². The molecule has 2 atom stereocenters. The van der Waals surface area contributed by atoms with Crippen LogP contribution in [0, 0.1) is 5.92 Å². The first-order valence-electron chi connectivity index (χ1n) is 5.47. The third kappa shape index (κ3) is 2.21. The van der Waals surface area contributed by atoms with Gasteiger partial charge in [0.2, 0.25) is 0 Å². The zero-order valence-electron chi connectivity index (χ0n) is 9.26. The number of carboxylic acids is 1. The summed E-state index contributed by atoms with van der Waals surface area (Å²) < 4.78 is 1.87. The maximum Gasteiger partial charge on any atom is 0.308 e. The molecule has 16 heavy (non-hydrogen) atoms. The number of aliphatic carboxylic acids is 1. The van der Waals surface area contributed by atoms with Crippen molar-refractivity contribution in [2.75, 3.05) is 6.54 Å². The monoisotopic (exact) mass is 224 g/mol. The normalized spacial score (nSPS) is 24.1. The molecule has 6 nitrogen and oxygen atoms in total. The third-order valence-corrected chi connectivity index (χ3v) is 3.15. The van der Waals surface area contributed by atoms with Crippen molar-refractivity contribution in [1.82, 2.24) is 20.1 Å². The zero-order valence-corrected chi connectivity index (χ0v) is 9.26. The summed E-state index contributed by atoms with van der Waals surface area (Å²) in [5.74, 6) is 0.0144. The molecule has 1 heterocycles. The molecule has 0 saturated heterocycles. The molecule has 1 aromatic rings. The number of rotatable bonds is 5. The van der Waals surface area contributed by atoms with Crippen molar-refractivity contribution in [2.24, 2.45) is 13.0 Å². The molecular weight excluding hydrogens is 208 g/mol. The zero-order chi connectivity index (χ0) is 11.5. The van der Waals surface area contributed by atoms with E-state index in [9.17, 15) is 4.79 Å². The van der Waals surface area contributed by atoms with E-state index in [2.05, 4.69) is 15.5 Å². The lowest BCUT2D eigenvalue weighted by Gasteiger charge is -2.34. The fourth-order valence-corrected chi connectivity index (χ4v) is 1.94. The highest BCUT2D eigenvalue weighted by Gasteiger charge is 2.35. The van der Waals surface area contributed by atoms with Gasteiger partial charge >= 0.3 is 5.97 Å². The van der Waals surface area contributed by atoms with Crippen LogP contribution >= 0.6 is 0 Å². The van der Waals surface area contributed by atoms with Crippen LogP contribution in [-0.2, 0) is 18.3 Å². The number of nitrogens with zero attached hydrogens (tertiary/aromatic N) is 3. The predicted molar refractivity (Wildman–Crippen MR) is 56.9 cm³/mol. The number of nitrogens with one attached hydrogen (secondary N) is 1. The van der Waals surface area contributed by atoms with Gasteiger partial charge in [0, 0.05) is 26.1 Å². The summed E-state index contributed by atoms with van der Waals surface area (Å²) in [6.45, 7) is 0.751. The highest BCUT2D eigenvalue weighted by Crippen LogP contribution is 2.27. The topological polar surface area (TPSA) is 80.0 Å². The molecule has 0 aliphatic heterocycles. The van der Waals surface area contributed by atoms with Gasteiger partial charge in [-0.25, -0.2) is 0 Å². The molecule has 0 radical (unpaired) electrons. The van der Waals surface area contributed by atoms with Crippen LogP contribution in [0.1, 0.15) is 18.7 Å². The largest absolute Gasteiger partial charge is 0.481 e. The van der Waals surface area contributed by atoms with Crippen LogP contribution in [0.3, 0.4) is 0 Å². The highest BCUT2D eigenvalue weighted by atomic mass is 16.4. The number of aryl methyl sites for hydroxylation is 1. The number of carboxylic acid groups (broad SMARTS) is 1. The Kier molecular flexibility index (Phi) is 3.19. The van der Waals surface area contributed by atoms with E-state index in [1.54, 1.807) is 6.33 Å². The van der Waals surface area contributed by atoms with E-state index in [0.29, 0.717) is 0 Å². The number of hydrogen-bond donors (Lipinski definition) is 2. The highest BCUT2D eigenvalue weighted by molar-refractivity contribution is 5.72. The quantitative estimate of drug-likeness (QED) is 0.724. The van der Waals surface area contributed by atoms with Crippen molar-refractivity contribution in [2.45, 2.75) is 25.3 Å². The Morgan fingerprint density at radius 1 is 1.69 bits per heavy atom. The van der Waals surface area contributed by atoms with Crippen molar-refractivity contribution in [1.29, 1.82) is 0 Å². The van der Waals surface area contributed by atoms with Crippen LogP contribution < -0.4 is 5.32 Å². The summed E-state index contributed by atoms with van der Waals surface area (Å²) in [6, 6.07) is 0.130. The van der Waals surface area contributed by atoms with E-state index in [-0.39, 0.29) is 12.0 Å². The van der Waals surface area contributed by atoms with E-state index >= 15 is 0 Å². The van der Waals surface area contributed by atoms with Gasteiger partial charge in [0.05, 0.1) is 5.92 Å². The molecule has 1 aliphatic carbocycles. The van der Waals surface area contributed by atoms with Gasteiger partial charge in [-0.15, -0.1) is 10.2 Å². The summed E-state index contributed by atoms with van der Waals surface area (Å²) >= 11 is 0. The predicted octanol–water partition coefficient (Wildman–Crippen LogP) is -0.190. The van der Waals surface area contributed by atoms with Gasteiger partial charge in [0.1, 0.15) is 12.2 Å². The second-order valence-electron chi connectivity index (χ2n) is 4.19. The Morgan fingerprint density at radius 2 is 2.50 bits per heavy atom. The van der Waals surface area contributed by atoms with Crippen LogP contribution in [0.25, 0.3) is 0 Å². The minimum absolute atomic E-state index is 0.130. The van der Waals surface area contributed by atoms with Crippen molar-refractivity contribution < 1.29 is 9.90 Å². The summed E-state index contributed by atoms with van der Waals surface area (Å²) in [5.41, 5.74) is 0. The Morgan fingerprint density at radius 3 is 3.00 bits per heavy atom. The van der Waals surface area contributed by atoms with Gasteiger partial charge in [-0.3, -0.25) is 4.79 Å². The first-order valence-corrected chi connectivity index (χ1v) is 5.47. The summed E-state index contributed by atoms with van der Waals surface area (Å²) in [7, 11) is 1.90. The Labute approximate surface area is 93.7 Å². The second kappa shape index (κ2) is 4.61. The Hall–Kier alpha value is -1.43. The average molecular weight is 224 g/mol. The van der Waals surface area contributed by atoms with Crippen molar-refractivity contribution in [3.05, 3.63) is 12.2 Å². The molecule has 0 bridgehead atoms. The Bertz CT molecular complexity index is 377. The molecule has 0 aromatic carbocycles. The molecule has 1 fully saturated rings. The van der Waals surface area contributed by atoms with Crippen molar-refractivity contribution in [3.63, 3.8) is 0 Å². The van der Waals surface area contributed by atoms with Crippen LogP contribution in [0.2, 0.25) is 0 Å². The van der Waals surface area contributed by atoms with Crippen LogP contribution in [0.15, 0.2) is 6.33 Å². The molecule has 0 amide bonds. The third-order valence-electron chi connectivity index (χ3n) is 3.15. The maximum absolute atomic E-state index is 10.8. The first kappa shape index (κ1) is 11.1. The first-order chi connectivity index (χ1) is 7.68. The number of carbonyl (C=O) groups is 1. The molecular formula is C10H16N4O2. The van der Waals surface area contributed by atoms with Gasteiger partial charge in [0.25, 0.3) is 0 Å². The summed E-state index contributed by atoms with van der Waals surface area (Å²) in [6.07, 6.45) is 4.19. The number of aromatic nitrogens is 3. The number of hydrogen-bond acceptors (Lipinski definition) is 4. The van der Waals surface area contributed by atoms with Gasteiger partial charge in [-0.2, -0.15) is 0 Å². The minimum atomic E-state index is -0.692. The molecule has 2 rings (SSSR count). The second-order valence-corrected chi connectivity index (χ2v) is 4.19. The molecule has 2 N–H and O–H groups in total. The van der Waals surface area contributed by atoms with Crippen molar-refractivity contribution >= 4 is 5.97 Å². The van der Waals surface area contributed by atoms with Crippen LogP contribution in [0.5, 0.6) is 0 Å². The van der Waals surface area contributed by atoms with E-state index < -0.39 is 5.97 Å². The fraction of sp³-hybridized carbons (Fsp3) is 0.700. The standard InChI is InChI=1S/C10H16N4O2/c1-14-6-12-13-9(14)4-5-11-8-3-2-7(8)10(15)16/h6-8,11H,2-5H2,1H3,(H,15,16). The molecule has 88 valence electrons. The van der Waals surface area contributed by atoms with Crippen molar-refractivity contribution in [3.8, 4) is 0 Å². The van der Waals surface area contributed by atoms with E-state index in [0.717, 1.165) is 31.6 Å². The lowest BCUT2D eigenvalue weighted by Crippen LogP contribution is -2.48. The SMILES string of the molecule is Cn1cnnc1CCNC1CCC1C(=O)O. The molecule has 1 aromatic heterocycles. The average Bonchev–Trinajstić information content (AvgIpc) is 2.56. The smallest absolute Gasteiger partial charge is 0.308 e. The molecule has 1 saturated carbocycles. The summed E-state index contributed by atoms with van der Waals surface area (Å²) in [4.78, 5) is 10.8. The maximum atomic E-state index is 10.8. The fourth-order valence-electron chi connectivity index (χ4n) is 1.94. The van der Waals surface area contributed by atoms with E-state index in [4.69, 9.17) is 5.11 Å². The molecule has 6 heteroatoms. The van der Waals surface area contributed by atoms with Gasteiger partial charge in [0.15, 0.2) is 0 Å².